The third kappa shape index (κ3) is 6.10. The van der Waals surface area contributed by atoms with E-state index in [1.54, 1.807) is 34.9 Å². The number of hydrogen-bond donors (Lipinski definition) is 1. The minimum atomic E-state index is -0.432. The fourth-order valence-corrected chi connectivity index (χ4v) is 5.46. The van der Waals surface area contributed by atoms with E-state index in [1.165, 1.54) is 23.9 Å². The van der Waals surface area contributed by atoms with Crippen LogP contribution in [0.5, 0.6) is 0 Å². The summed E-state index contributed by atoms with van der Waals surface area (Å²) in [7, 11) is 0. The molecule has 8 nitrogen and oxygen atoms in total. The Bertz CT molecular complexity index is 1780. The summed E-state index contributed by atoms with van der Waals surface area (Å²) in [6.45, 7) is 4.25. The number of thioether (sulfide) groups is 1. The molecule has 0 atom stereocenters. The quantitative estimate of drug-likeness (QED) is 0.102. The van der Waals surface area contributed by atoms with Gasteiger partial charge in [0.1, 0.15) is 0 Å². The third-order valence-corrected chi connectivity index (χ3v) is 7.38. The van der Waals surface area contributed by atoms with Crippen LogP contribution in [0.15, 0.2) is 101 Å². The average Bonchev–Trinajstić information content (AvgIpc) is 2.93. The molecule has 0 saturated heterocycles. The van der Waals surface area contributed by atoms with Gasteiger partial charge in [0.2, 0.25) is 0 Å². The Hall–Kier alpha value is -4.76. The molecule has 200 valence electrons. The fourth-order valence-electron chi connectivity index (χ4n) is 4.52. The largest absolute Gasteiger partial charge is 0.322 e. The van der Waals surface area contributed by atoms with E-state index in [1.807, 2.05) is 62.4 Å². The Morgan fingerprint density at radius 2 is 1.65 bits per heavy atom. The van der Waals surface area contributed by atoms with Crippen molar-refractivity contribution in [3.05, 3.63) is 139 Å². The minimum Gasteiger partial charge on any atom is -0.322 e. The summed E-state index contributed by atoms with van der Waals surface area (Å²) in [5.74, 6) is 0.0781. The Morgan fingerprint density at radius 1 is 0.925 bits per heavy atom. The molecular weight excluding hydrogens is 524 g/mol. The number of nitro benzene ring substituents is 1. The number of nitrogens with zero attached hydrogens (tertiary/aromatic N) is 3. The van der Waals surface area contributed by atoms with Gasteiger partial charge >= 0.3 is 0 Å². The summed E-state index contributed by atoms with van der Waals surface area (Å²) >= 11 is 1.32. The molecule has 5 aromatic rings. The average molecular weight is 551 g/mol. The van der Waals surface area contributed by atoms with Crippen molar-refractivity contribution in [3.8, 4) is 0 Å². The van der Waals surface area contributed by atoms with Gasteiger partial charge in [-0.15, -0.1) is 0 Å². The second-order valence-corrected chi connectivity index (χ2v) is 10.5. The van der Waals surface area contributed by atoms with Gasteiger partial charge in [-0.05, 0) is 66.4 Å². The van der Waals surface area contributed by atoms with Crippen LogP contribution in [0.25, 0.3) is 10.9 Å². The first-order valence-corrected chi connectivity index (χ1v) is 13.6. The predicted molar refractivity (Wildman–Crippen MR) is 158 cm³/mol. The van der Waals surface area contributed by atoms with Crippen molar-refractivity contribution in [2.45, 2.75) is 31.3 Å². The number of hydrogen-bond acceptors (Lipinski definition) is 6. The standard InChI is InChI=1S/C31H26N4O4S/c1-20-13-21(2)15-25(14-20)32-29(36)24-11-12-27-28(17-24)33-31(34(30(27)37)18-22-7-4-3-5-8-22)40-19-23-9-6-10-26(16-23)35(38)39/h3-17H,18-19H2,1-2H3,(H,32,36). The van der Waals surface area contributed by atoms with Gasteiger partial charge in [0.05, 0.1) is 22.4 Å². The predicted octanol–water partition coefficient (Wildman–Crippen LogP) is 6.51. The Labute approximate surface area is 234 Å². The van der Waals surface area contributed by atoms with Gasteiger partial charge in [0.25, 0.3) is 17.2 Å². The second kappa shape index (κ2) is 11.5. The van der Waals surface area contributed by atoms with Crippen LogP contribution in [0.3, 0.4) is 0 Å². The maximum atomic E-state index is 13.7. The number of benzene rings is 4. The van der Waals surface area contributed by atoms with Crippen LogP contribution < -0.4 is 10.9 Å². The number of nitrogens with one attached hydrogen (secondary N) is 1. The molecule has 0 radical (unpaired) electrons. The molecule has 5 rings (SSSR count). The number of non-ortho nitro benzene ring substituents is 1. The lowest BCUT2D eigenvalue weighted by atomic mass is 10.1. The van der Waals surface area contributed by atoms with Gasteiger partial charge in [-0.3, -0.25) is 24.3 Å². The van der Waals surface area contributed by atoms with Crippen molar-refractivity contribution in [2.75, 3.05) is 5.32 Å². The highest BCUT2D eigenvalue weighted by Crippen LogP contribution is 2.25. The molecule has 1 N–H and O–H groups in total. The van der Waals surface area contributed by atoms with Gasteiger partial charge in [-0.2, -0.15) is 0 Å². The normalized spacial score (nSPS) is 10.9. The van der Waals surface area contributed by atoms with Crippen LogP contribution in [0.4, 0.5) is 11.4 Å². The highest BCUT2D eigenvalue weighted by molar-refractivity contribution is 7.98. The monoisotopic (exact) mass is 550 g/mol. The summed E-state index contributed by atoms with van der Waals surface area (Å²) in [4.78, 5) is 42.3. The molecule has 0 fully saturated rings. The van der Waals surface area contributed by atoms with Gasteiger partial charge in [-0.1, -0.05) is 60.3 Å². The lowest BCUT2D eigenvalue weighted by molar-refractivity contribution is -0.384. The minimum absolute atomic E-state index is 0.00528. The van der Waals surface area contributed by atoms with E-state index in [0.29, 0.717) is 39.6 Å². The number of rotatable bonds is 8. The Morgan fingerprint density at radius 3 is 2.38 bits per heavy atom. The smallest absolute Gasteiger partial charge is 0.269 e. The summed E-state index contributed by atoms with van der Waals surface area (Å²) < 4.78 is 1.61. The summed E-state index contributed by atoms with van der Waals surface area (Å²) in [5, 5.41) is 15.0. The van der Waals surface area contributed by atoms with Crippen LogP contribution in [-0.2, 0) is 12.3 Å². The van der Waals surface area contributed by atoms with Gasteiger partial charge in [-0.25, -0.2) is 4.98 Å². The maximum absolute atomic E-state index is 13.7. The maximum Gasteiger partial charge on any atom is 0.269 e. The van der Waals surface area contributed by atoms with Crippen LogP contribution in [0.1, 0.15) is 32.6 Å². The van der Waals surface area contributed by atoms with E-state index >= 15 is 0 Å². The van der Waals surface area contributed by atoms with Gasteiger partial charge in [0.15, 0.2) is 5.16 Å². The molecule has 40 heavy (non-hydrogen) atoms. The van der Waals surface area contributed by atoms with Crippen molar-refractivity contribution in [3.63, 3.8) is 0 Å². The number of carbonyl (C=O) groups excluding carboxylic acids is 1. The van der Waals surface area contributed by atoms with Crippen molar-refractivity contribution in [1.29, 1.82) is 0 Å². The summed E-state index contributed by atoms with van der Waals surface area (Å²) in [6, 6.07) is 26.7. The zero-order chi connectivity index (χ0) is 28.2. The van der Waals surface area contributed by atoms with Crippen LogP contribution in [-0.4, -0.2) is 20.4 Å². The van der Waals surface area contributed by atoms with E-state index in [-0.39, 0.29) is 17.2 Å². The first-order valence-electron chi connectivity index (χ1n) is 12.6. The number of amides is 1. The van der Waals surface area contributed by atoms with Crippen LogP contribution >= 0.6 is 11.8 Å². The number of aryl methyl sites for hydroxylation is 2. The number of nitro groups is 1. The topological polar surface area (TPSA) is 107 Å². The lowest BCUT2D eigenvalue weighted by Gasteiger charge is -2.14. The first-order chi connectivity index (χ1) is 19.3. The molecule has 0 aliphatic carbocycles. The number of anilines is 1. The summed E-state index contributed by atoms with van der Waals surface area (Å²) in [5.41, 5.74) is 5.02. The molecule has 0 spiro atoms. The SMILES string of the molecule is Cc1cc(C)cc(NC(=O)c2ccc3c(=O)n(Cc4ccccc4)c(SCc4cccc([N+](=O)[O-])c4)nc3c2)c1. The van der Waals surface area contributed by atoms with Gasteiger partial charge in [0, 0.05) is 29.1 Å². The number of aromatic nitrogens is 2. The molecule has 9 heteroatoms. The molecule has 0 bridgehead atoms. The van der Waals surface area contributed by atoms with E-state index in [4.69, 9.17) is 4.98 Å². The second-order valence-electron chi connectivity index (χ2n) is 9.55. The van der Waals surface area contributed by atoms with E-state index in [2.05, 4.69) is 5.32 Å². The van der Waals surface area contributed by atoms with Crippen molar-refractivity contribution in [1.82, 2.24) is 9.55 Å². The molecule has 0 saturated carbocycles. The molecule has 1 amide bonds. The van der Waals surface area contributed by atoms with E-state index < -0.39 is 4.92 Å². The van der Waals surface area contributed by atoms with Crippen LogP contribution in [0.2, 0.25) is 0 Å². The van der Waals surface area contributed by atoms with E-state index in [0.717, 1.165) is 22.3 Å². The number of fused-ring (bicyclic) bond motifs is 1. The molecular formula is C31H26N4O4S. The van der Waals surface area contributed by atoms with Gasteiger partial charge < -0.3 is 5.32 Å². The molecule has 0 aliphatic heterocycles. The zero-order valence-corrected chi connectivity index (χ0v) is 22.8. The zero-order valence-electron chi connectivity index (χ0n) is 22.0. The van der Waals surface area contributed by atoms with Crippen molar-refractivity contribution >= 4 is 39.9 Å². The highest BCUT2D eigenvalue weighted by Gasteiger charge is 2.16. The molecule has 4 aromatic carbocycles. The van der Waals surface area contributed by atoms with Crippen molar-refractivity contribution < 1.29 is 9.72 Å². The fraction of sp³-hybridized carbons (Fsp3) is 0.129. The van der Waals surface area contributed by atoms with E-state index in [9.17, 15) is 19.7 Å². The first kappa shape index (κ1) is 26.8. The molecule has 0 aliphatic rings. The molecule has 0 unspecified atom stereocenters. The Kier molecular flexibility index (Phi) is 7.75. The lowest BCUT2D eigenvalue weighted by Crippen LogP contribution is -2.24. The van der Waals surface area contributed by atoms with Crippen LogP contribution in [0, 0.1) is 24.0 Å². The molecule has 1 aromatic heterocycles. The van der Waals surface area contributed by atoms with Crippen molar-refractivity contribution in [2.24, 2.45) is 0 Å². The summed E-state index contributed by atoms with van der Waals surface area (Å²) in [6.07, 6.45) is 0. The number of carbonyl (C=O) groups is 1. The third-order valence-electron chi connectivity index (χ3n) is 6.33. The Balaban J connectivity index is 1.51. The highest BCUT2D eigenvalue weighted by atomic mass is 32.2. The molecule has 1 heterocycles.